The van der Waals surface area contributed by atoms with E-state index < -0.39 is 15.9 Å². The first-order valence-corrected chi connectivity index (χ1v) is 13.9. The maximum Gasteiger partial charge on any atom is 0.291 e. The lowest BCUT2D eigenvalue weighted by Gasteiger charge is -2.14. The van der Waals surface area contributed by atoms with Crippen molar-refractivity contribution in [1.29, 1.82) is 0 Å². The second-order valence-corrected chi connectivity index (χ2v) is 11.0. The molecular formula is C26H23N3O6S3. The van der Waals surface area contributed by atoms with Crippen molar-refractivity contribution in [3.63, 3.8) is 0 Å². The van der Waals surface area contributed by atoms with Crippen molar-refractivity contribution < 1.29 is 27.5 Å². The van der Waals surface area contributed by atoms with Crippen molar-refractivity contribution in [3.8, 4) is 11.5 Å². The number of amides is 2. The number of nitrogens with one attached hydrogen (secondary N) is 1. The first-order chi connectivity index (χ1) is 18.1. The summed E-state index contributed by atoms with van der Waals surface area (Å²) in [5.74, 6) is 0.287. The number of methoxy groups -OCH3 is 1. The predicted octanol–water partition coefficient (Wildman–Crippen LogP) is 4.40. The molecule has 0 aliphatic carbocycles. The summed E-state index contributed by atoms with van der Waals surface area (Å²) in [5, 5.41) is 7.55. The van der Waals surface area contributed by atoms with Gasteiger partial charge in [-0.1, -0.05) is 48.6 Å². The van der Waals surface area contributed by atoms with Gasteiger partial charge in [0.05, 0.1) is 23.5 Å². The Morgan fingerprint density at radius 1 is 1.08 bits per heavy atom. The molecule has 12 heteroatoms. The first kappa shape index (κ1) is 27.3. The first-order valence-electron chi connectivity index (χ1n) is 11.2. The smallest absolute Gasteiger partial charge is 0.291 e. The van der Waals surface area contributed by atoms with E-state index in [2.05, 4.69) is 5.32 Å². The number of hydrogen-bond acceptors (Lipinski definition) is 8. The molecule has 9 nitrogen and oxygen atoms in total. The molecule has 0 bridgehead atoms. The Morgan fingerprint density at radius 2 is 1.79 bits per heavy atom. The third-order valence-corrected chi connectivity index (χ3v) is 7.79. The van der Waals surface area contributed by atoms with Gasteiger partial charge in [-0.25, -0.2) is 13.6 Å². The molecule has 0 radical (unpaired) electrons. The zero-order valence-corrected chi connectivity index (χ0v) is 22.6. The topological polar surface area (TPSA) is 128 Å². The molecule has 3 aromatic carbocycles. The zero-order valence-electron chi connectivity index (χ0n) is 20.1. The Hall–Kier alpha value is -3.71. The van der Waals surface area contributed by atoms with E-state index in [1.165, 1.54) is 31.4 Å². The van der Waals surface area contributed by atoms with Crippen molar-refractivity contribution in [2.75, 3.05) is 19.0 Å². The molecule has 1 heterocycles. The summed E-state index contributed by atoms with van der Waals surface area (Å²) < 4.78 is 33.7. The largest absolute Gasteiger partial charge is 0.493 e. The normalized spacial score (nSPS) is 14.6. The highest BCUT2D eigenvalue weighted by Crippen LogP contribution is 2.36. The average molecular weight is 570 g/mol. The van der Waals surface area contributed by atoms with Crippen LogP contribution in [0.15, 0.2) is 82.6 Å². The molecule has 4 rings (SSSR count). The summed E-state index contributed by atoms with van der Waals surface area (Å²) >= 11 is 6.63. The lowest BCUT2D eigenvalue weighted by Crippen LogP contribution is -2.26. The predicted molar refractivity (Wildman–Crippen MR) is 150 cm³/mol. The minimum absolute atomic E-state index is 0.0587. The fourth-order valence-electron chi connectivity index (χ4n) is 3.52. The van der Waals surface area contributed by atoms with Gasteiger partial charge in [-0.15, -0.1) is 0 Å². The fourth-order valence-corrected chi connectivity index (χ4v) is 5.27. The molecule has 0 saturated carbocycles. The summed E-state index contributed by atoms with van der Waals surface area (Å²) in [6.45, 7) is 0.0912. The lowest BCUT2D eigenvalue weighted by molar-refractivity contribution is -0.118. The molecule has 38 heavy (non-hydrogen) atoms. The Kier molecular flexibility index (Phi) is 8.47. The van der Waals surface area contributed by atoms with Gasteiger partial charge < -0.3 is 14.8 Å². The highest BCUT2D eigenvalue weighted by molar-refractivity contribution is 8.19. The molecule has 0 spiro atoms. The van der Waals surface area contributed by atoms with E-state index in [0.29, 0.717) is 33.6 Å². The SMILES string of the molecule is COc1cc(C=C2SC(=O)N(Cc3ccccc3)C2=S)ccc1OCC(=O)Nc1ccc(S(N)(=O)=O)cc1. The Balaban J connectivity index is 1.39. The number of hydrogen-bond donors (Lipinski definition) is 2. The van der Waals surface area contributed by atoms with E-state index in [1.807, 2.05) is 30.3 Å². The summed E-state index contributed by atoms with van der Waals surface area (Å²) in [5.41, 5.74) is 2.12. The van der Waals surface area contributed by atoms with Crippen LogP contribution in [-0.4, -0.2) is 43.2 Å². The minimum atomic E-state index is -3.82. The van der Waals surface area contributed by atoms with Crippen LogP contribution in [0.1, 0.15) is 11.1 Å². The van der Waals surface area contributed by atoms with Crippen LogP contribution in [0.25, 0.3) is 6.08 Å². The number of rotatable bonds is 9. The Labute approximate surface area is 229 Å². The molecule has 0 atom stereocenters. The fraction of sp³-hybridized carbons (Fsp3) is 0.115. The average Bonchev–Trinajstić information content (AvgIpc) is 3.15. The molecule has 1 fully saturated rings. The number of primary sulfonamides is 1. The Morgan fingerprint density at radius 3 is 2.45 bits per heavy atom. The molecular weight excluding hydrogens is 547 g/mol. The van der Waals surface area contributed by atoms with Crippen LogP contribution in [0.3, 0.4) is 0 Å². The van der Waals surface area contributed by atoms with Gasteiger partial charge in [0.15, 0.2) is 18.1 Å². The van der Waals surface area contributed by atoms with Crippen LogP contribution in [0.4, 0.5) is 10.5 Å². The summed E-state index contributed by atoms with van der Waals surface area (Å²) in [7, 11) is -2.34. The van der Waals surface area contributed by atoms with E-state index >= 15 is 0 Å². The number of sulfonamides is 1. The molecule has 0 aromatic heterocycles. The second kappa shape index (κ2) is 11.8. The second-order valence-electron chi connectivity index (χ2n) is 8.07. The number of anilines is 1. The number of nitrogens with two attached hydrogens (primary N) is 1. The number of carbonyl (C=O) groups is 2. The molecule has 2 amide bonds. The van der Waals surface area contributed by atoms with Crippen LogP contribution in [0, 0.1) is 0 Å². The molecule has 0 unspecified atom stereocenters. The maximum atomic E-state index is 12.6. The zero-order chi connectivity index (χ0) is 27.3. The van der Waals surface area contributed by atoms with E-state index in [1.54, 1.807) is 29.2 Å². The minimum Gasteiger partial charge on any atom is -0.493 e. The van der Waals surface area contributed by atoms with Gasteiger partial charge in [-0.05, 0) is 65.4 Å². The third kappa shape index (κ3) is 6.78. The van der Waals surface area contributed by atoms with Gasteiger partial charge in [0.2, 0.25) is 10.0 Å². The van der Waals surface area contributed by atoms with Crippen LogP contribution < -0.4 is 19.9 Å². The van der Waals surface area contributed by atoms with Gasteiger partial charge in [0.25, 0.3) is 11.1 Å². The van der Waals surface area contributed by atoms with Crippen LogP contribution in [0.2, 0.25) is 0 Å². The number of thiocarbonyl (C=S) groups is 1. The van der Waals surface area contributed by atoms with Gasteiger partial charge >= 0.3 is 0 Å². The third-order valence-electron chi connectivity index (χ3n) is 5.37. The van der Waals surface area contributed by atoms with E-state index in [4.69, 9.17) is 26.8 Å². The van der Waals surface area contributed by atoms with Crippen LogP contribution in [-0.2, 0) is 21.4 Å². The molecule has 1 aliphatic rings. The number of ether oxygens (including phenoxy) is 2. The monoisotopic (exact) mass is 569 g/mol. The van der Waals surface area contributed by atoms with Crippen molar-refractivity contribution in [3.05, 3.63) is 88.8 Å². The van der Waals surface area contributed by atoms with E-state index in [0.717, 1.165) is 22.9 Å². The van der Waals surface area contributed by atoms with E-state index in [9.17, 15) is 18.0 Å². The number of thioether (sulfide) groups is 1. The molecule has 3 N–H and O–H groups in total. The molecule has 3 aromatic rings. The number of carbonyl (C=O) groups excluding carboxylic acids is 2. The molecule has 196 valence electrons. The van der Waals surface area contributed by atoms with Crippen LogP contribution >= 0.6 is 24.0 Å². The van der Waals surface area contributed by atoms with Gasteiger partial charge in [0.1, 0.15) is 4.99 Å². The summed E-state index contributed by atoms with van der Waals surface area (Å²) in [6, 6.07) is 20.2. The van der Waals surface area contributed by atoms with Crippen molar-refractivity contribution in [1.82, 2.24) is 4.90 Å². The lowest BCUT2D eigenvalue weighted by atomic mass is 10.1. The van der Waals surface area contributed by atoms with Gasteiger partial charge in [-0.3, -0.25) is 14.5 Å². The highest BCUT2D eigenvalue weighted by atomic mass is 32.2. The highest BCUT2D eigenvalue weighted by Gasteiger charge is 2.31. The summed E-state index contributed by atoms with van der Waals surface area (Å²) in [4.78, 5) is 27.5. The molecule has 1 aliphatic heterocycles. The summed E-state index contributed by atoms with van der Waals surface area (Å²) in [6.07, 6.45) is 1.81. The standard InChI is InChI=1S/C26H23N3O6S3/c1-34-22-13-18(14-23-25(36)29(26(31)37-23)15-17-5-3-2-4-6-17)7-12-21(22)35-16-24(30)28-19-8-10-20(11-9-19)38(27,32)33/h2-14H,15-16H2,1H3,(H,28,30)(H2,27,32,33). The molecule has 1 saturated heterocycles. The van der Waals surface area contributed by atoms with Crippen molar-refractivity contribution in [2.24, 2.45) is 5.14 Å². The van der Waals surface area contributed by atoms with Gasteiger partial charge in [-0.2, -0.15) is 0 Å². The quantitative estimate of drug-likeness (QED) is 0.287. The Bertz CT molecular complexity index is 1510. The van der Waals surface area contributed by atoms with Crippen LogP contribution in [0.5, 0.6) is 11.5 Å². The number of nitrogens with zero attached hydrogens (tertiary/aromatic N) is 1. The maximum absolute atomic E-state index is 12.6. The number of benzene rings is 3. The van der Waals surface area contributed by atoms with Crippen molar-refractivity contribution >= 4 is 61.9 Å². The van der Waals surface area contributed by atoms with Gasteiger partial charge in [0, 0.05) is 5.69 Å². The van der Waals surface area contributed by atoms with Crippen molar-refractivity contribution in [2.45, 2.75) is 11.4 Å². The van der Waals surface area contributed by atoms with E-state index in [-0.39, 0.29) is 16.7 Å².